The molecule has 0 aromatic heterocycles. The van der Waals surface area contributed by atoms with Gasteiger partial charge in [-0.2, -0.15) is 0 Å². The van der Waals surface area contributed by atoms with Crippen LogP contribution in [-0.2, 0) is 35.2 Å². The summed E-state index contributed by atoms with van der Waals surface area (Å²) in [6.45, 7) is 10.1. The van der Waals surface area contributed by atoms with Crippen molar-refractivity contribution in [2.45, 2.75) is 78.7 Å². The molecule has 0 saturated heterocycles. The van der Waals surface area contributed by atoms with Crippen molar-refractivity contribution >= 4 is 23.9 Å². The zero-order chi connectivity index (χ0) is 25.9. The van der Waals surface area contributed by atoms with Crippen molar-refractivity contribution in [3.8, 4) is 0 Å². The van der Waals surface area contributed by atoms with Gasteiger partial charge in [0.15, 0.2) is 1.41 Å². The van der Waals surface area contributed by atoms with Crippen molar-refractivity contribution in [1.82, 2.24) is 10.6 Å². The predicted octanol–water partition coefficient (Wildman–Crippen LogP) is 3.11. The number of carbonyl (C=O) groups is 4. The first kappa shape index (κ1) is 26.2. The molecular formula is C24H36N2O7. The fraction of sp³-hybridized carbons (Fsp3) is 0.583. The standard InChI is InChI=1S/C24H36N2O7/c1-7-31-19(27)14-13-18(22(29)32-15-17-11-9-8-10-12-17)25-21(28)20(16(2)3)26-23(30)33-24(4,5)6/h8-12,16,18,20H,7,13-15H2,1-6H3,(H,25,28)(H,26,30)/t18-,20-/m0/s1/i/hD. The molecule has 0 unspecified atom stereocenters. The number of nitrogens with one attached hydrogen (secondary N) is 2. The fourth-order valence-corrected chi connectivity index (χ4v) is 2.74. The number of ether oxygens (including phenoxy) is 3. The third kappa shape index (κ3) is 11.4. The summed E-state index contributed by atoms with van der Waals surface area (Å²) in [7, 11) is 0. The molecule has 1 aromatic carbocycles. The van der Waals surface area contributed by atoms with Crippen molar-refractivity contribution < 1.29 is 34.8 Å². The van der Waals surface area contributed by atoms with Crippen molar-refractivity contribution in [3.05, 3.63) is 35.9 Å². The van der Waals surface area contributed by atoms with Gasteiger partial charge < -0.3 is 24.8 Å². The van der Waals surface area contributed by atoms with E-state index in [0.29, 0.717) is 5.31 Å². The van der Waals surface area contributed by atoms with Crippen LogP contribution < -0.4 is 10.6 Å². The summed E-state index contributed by atoms with van der Waals surface area (Å²) in [4.78, 5) is 50.0. The number of carbonyl (C=O) groups excluding carboxylic acids is 4. The molecule has 0 spiro atoms. The van der Waals surface area contributed by atoms with Crippen molar-refractivity contribution in [2.24, 2.45) is 5.92 Å². The first-order chi connectivity index (χ1) is 15.9. The van der Waals surface area contributed by atoms with Gasteiger partial charge in [0, 0.05) is 6.42 Å². The predicted molar refractivity (Wildman–Crippen MR) is 122 cm³/mol. The Labute approximate surface area is 197 Å². The fourth-order valence-electron chi connectivity index (χ4n) is 2.74. The van der Waals surface area contributed by atoms with Gasteiger partial charge in [0.05, 0.1) is 6.61 Å². The number of esters is 2. The monoisotopic (exact) mass is 465 g/mol. The number of hydrogen-bond acceptors (Lipinski definition) is 7. The van der Waals surface area contributed by atoms with Crippen LogP contribution in [0.2, 0.25) is 1.41 Å². The molecule has 0 aliphatic heterocycles. The molecule has 184 valence electrons. The Hall–Kier alpha value is -3.10. The van der Waals surface area contributed by atoms with Gasteiger partial charge >= 0.3 is 18.0 Å². The van der Waals surface area contributed by atoms with Gasteiger partial charge in [0.2, 0.25) is 5.91 Å². The van der Waals surface area contributed by atoms with E-state index >= 15 is 0 Å². The van der Waals surface area contributed by atoms with E-state index in [2.05, 4.69) is 5.32 Å². The Morgan fingerprint density at radius 1 is 1.06 bits per heavy atom. The molecular weight excluding hydrogens is 428 g/mol. The molecule has 0 heterocycles. The van der Waals surface area contributed by atoms with Crippen LogP contribution in [0.5, 0.6) is 0 Å². The van der Waals surface area contributed by atoms with Crippen LogP contribution in [0.1, 0.15) is 59.9 Å². The molecule has 0 aliphatic rings. The van der Waals surface area contributed by atoms with Crippen LogP contribution >= 0.6 is 0 Å². The Bertz CT molecular complexity index is 824. The zero-order valence-electron chi connectivity index (χ0n) is 21.3. The lowest BCUT2D eigenvalue weighted by atomic mass is 10.0. The Balaban J connectivity index is 2.97. The maximum absolute atomic E-state index is 13.1. The van der Waals surface area contributed by atoms with Crippen LogP contribution in [0, 0.1) is 5.92 Å². The van der Waals surface area contributed by atoms with E-state index < -0.39 is 47.5 Å². The normalized spacial score (nSPS) is 13.4. The summed E-state index contributed by atoms with van der Waals surface area (Å²) in [5.41, 5.74) is -0.0914. The van der Waals surface area contributed by atoms with E-state index in [9.17, 15) is 19.2 Å². The lowest BCUT2D eigenvalue weighted by molar-refractivity contribution is -0.150. The second-order valence-electron chi connectivity index (χ2n) is 8.80. The van der Waals surface area contributed by atoms with Crippen LogP contribution in [0.15, 0.2) is 30.3 Å². The summed E-state index contributed by atoms with van der Waals surface area (Å²) in [5, 5.41) is 3.00. The number of amides is 2. The highest BCUT2D eigenvalue weighted by Gasteiger charge is 2.31. The summed E-state index contributed by atoms with van der Waals surface area (Å²) in [6.07, 6.45) is -1.17. The molecule has 0 saturated carbocycles. The third-order valence-corrected chi connectivity index (χ3v) is 4.31. The van der Waals surface area contributed by atoms with Crippen molar-refractivity contribution in [3.63, 3.8) is 0 Å². The van der Waals surface area contributed by atoms with Gasteiger partial charge in [0.1, 0.15) is 24.3 Å². The number of hydrogen-bond donors (Lipinski definition) is 2. The molecule has 0 fully saturated rings. The first-order valence-electron chi connectivity index (χ1n) is 11.5. The SMILES string of the molecule is [2H]N(C(=O)OC(C)(C)C)[C@H](C(=O)N[C@@H](CCC(=O)OCC)C(=O)OCc1ccccc1)C(C)C. The van der Waals surface area contributed by atoms with E-state index in [1.165, 1.54) is 0 Å². The largest absolute Gasteiger partial charge is 0.466 e. The van der Waals surface area contributed by atoms with E-state index in [0.717, 1.165) is 5.56 Å². The molecule has 2 amide bonds. The zero-order valence-corrected chi connectivity index (χ0v) is 20.3. The summed E-state index contributed by atoms with van der Waals surface area (Å²) < 4.78 is 23.6. The molecule has 0 aliphatic carbocycles. The second kappa shape index (κ2) is 13.4. The van der Waals surface area contributed by atoms with Gasteiger partial charge in [-0.25, -0.2) is 9.59 Å². The molecule has 33 heavy (non-hydrogen) atoms. The van der Waals surface area contributed by atoms with Crippen molar-refractivity contribution in [2.75, 3.05) is 6.61 Å². The summed E-state index contributed by atoms with van der Waals surface area (Å²) in [5.74, 6) is -2.45. The topological polar surface area (TPSA) is 120 Å². The molecule has 0 bridgehead atoms. The van der Waals surface area contributed by atoms with E-state index in [1.807, 2.05) is 6.07 Å². The third-order valence-electron chi connectivity index (χ3n) is 4.31. The molecule has 9 nitrogen and oxygen atoms in total. The van der Waals surface area contributed by atoms with Gasteiger partial charge in [0.25, 0.3) is 0 Å². The van der Waals surface area contributed by atoms with E-state index in [1.54, 1.807) is 65.8 Å². The Kier molecular flexibility index (Phi) is 10.7. The van der Waals surface area contributed by atoms with Gasteiger partial charge in [-0.3, -0.25) is 9.59 Å². The molecule has 9 heteroatoms. The molecule has 2 atom stereocenters. The van der Waals surface area contributed by atoms with Gasteiger partial charge in [-0.05, 0) is 45.6 Å². The van der Waals surface area contributed by atoms with Crippen LogP contribution in [0.25, 0.3) is 0 Å². The maximum Gasteiger partial charge on any atom is 0.408 e. The van der Waals surface area contributed by atoms with Gasteiger partial charge in [-0.1, -0.05) is 44.2 Å². The Morgan fingerprint density at radius 3 is 2.24 bits per heavy atom. The van der Waals surface area contributed by atoms with E-state index in [4.69, 9.17) is 15.6 Å². The van der Waals surface area contributed by atoms with Crippen LogP contribution in [0.4, 0.5) is 4.79 Å². The highest BCUT2D eigenvalue weighted by Crippen LogP contribution is 2.11. The molecule has 1 rings (SSSR count). The number of benzene rings is 1. The lowest BCUT2D eigenvalue weighted by Gasteiger charge is -2.26. The number of rotatable bonds is 11. The minimum atomic E-state index is -1.23. The average Bonchev–Trinajstić information content (AvgIpc) is 2.74. The van der Waals surface area contributed by atoms with Gasteiger partial charge in [-0.15, -0.1) is 0 Å². The number of alkyl carbamates (subject to hydrolysis) is 1. The maximum atomic E-state index is 13.1. The van der Waals surface area contributed by atoms with Crippen molar-refractivity contribution in [1.29, 1.82) is 0 Å². The summed E-state index contributed by atoms with van der Waals surface area (Å²) >= 11 is 0. The van der Waals surface area contributed by atoms with Crippen LogP contribution in [-0.4, -0.2) is 48.2 Å². The summed E-state index contributed by atoms with van der Waals surface area (Å²) in [6, 6.07) is 6.60. The molecule has 2 N–H and O–H groups in total. The molecule has 1 aromatic rings. The first-order valence-corrected chi connectivity index (χ1v) is 11.0. The highest BCUT2D eigenvalue weighted by atomic mass is 16.6. The minimum Gasteiger partial charge on any atom is -0.466 e. The molecule has 0 radical (unpaired) electrons. The van der Waals surface area contributed by atoms with Crippen LogP contribution in [0.3, 0.4) is 0 Å². The smallest absolute Gasteiger partial charge is 0.408 e. The lowest BCUT2D eigenvalue weighted by Crippen LogP contribution is -2.54. The second-order valence-corrected chi connectivity index (χ2v) is 8.80. The Morgan fingerprint density at radius 2 is 1.70 bits per heavy atom. The minimum absolute atomic E-state index is 0.0124. The average molecular weight is 466 g/mol. The highest BCUT2D eigenvalue weighted by molar-refractivity contribution is 5.90. The quantitative estimate of drug-likeness (QED) is 0.381. The van der Waals surface area contributed by atoms with E-state index in [-0.39, 0.29) is 26.1 Å².